The zero-order valence-corrected chi connectivity index (χ0v) is 11.0. The predicted molar refractivity (Wildman–Crippen MR) is 80.4 cm³/mol. The Morgan fingerprint density at radius 1 is 1.00 bits per heavy atom. The van der Waals surface area contributed by atoms with Gasteiger partial charge in [0.25, 0.3) is 0 Å². The number of hydrogen-bond acceptors (Lipinski definition) is 6. The van der Waals surface area contributed by atoms with Gasteiger partial charge in [-0.25, -0.2) is 9.97 Å². The van der Waals surface area contributed by atoms with Crippen molar-refractivity contribution in [1.82, 2.24) is 15.0 Å². The van der Waals surface area contributed by atoms with Crippen LogP contribution in [0.2, 0.25) is 0 Å². The number of rotatable bonds is 4. The third-order valence-corrected chi connectivity index (χ3v) is 2.84. The van der Waals surface area contributed by atoms with Crippen molar-refractivity contribution in [2.75, 3.05) is 5.32 Å². The molecule has 3 aromatic rings. The van der Waals surface area contributed by atoms with Gasteiger partial charge in [-0.3, -0.25) is 4.98 Å². The highest BCUT2D eigenvalue weighted by atomic mass is 16.3. The van der Waals surface area contributed by atoms with Gasteiger partial charge in [0.05, 0.1) is 5.69 Å². The maximum Gasteiger partial charge on any atom is 0.227 e. The molecule has 0 radical (unpaired) electrons. The van der Waals surface area contributed by atoms with Crippen LogP contribution in [0.5, 0.6) is 0 Å². The summed E-state index contributed by atoms with van der Waals surface area (Å²) in [6, 6.07) is 12.4. The number of hydrogen-bond donors (Lipinski definition) is 1. The van der Waals surface area contributed by atoms with Crippen LogP contribution in [-0.4, -0.2) is 15.0 Å². The minimum Gasteiger partial charge on any atom is -0.324 e. The van der Waals surface area contributed by atoms with Gasteiger partial charge in [0.2, 0.25) is 5.95 Å². The number of pyridine rings is 1. The lowest BCUT2D eigenvalue weighted by atomic mass is 10.2. The smallest absolute Gasteiger partial charge is 0.227 e. The Morgan fingerprint density at radius 3 is 2.57 bits per heavy atom. The van der Waals surface area contributed by atoms with Crippen molar-refractivity contribution in [3.05, 3.63) is 66.0 Å². The average molecular weight is 277 g/mol. The fourth-order valence-corrected chi connectivity index (χ4v) is 1.83. The summed E-state index contributed by atoms with van der Waals surface area (Å²) in [6.07, 6.45) is 5.14. The van der Waals surface area contributed by atoms with Crippen LogP contribution >= 0.6 is 0 Å². The molecule has 0 fully saturated rings. The van der Waals surface area contributed by atoms with Gasteiger partial charge in [0, 0.05) is 29.8 Å². The monoisotopic (exact) mass is 277 g/mol. The summed E-state index contributed by atoms with van der Waals surface area (Å²) >= 11 is 0. The molecule has 0 unspecified atom stereocenters. The van der Waals surface area contributed by atoms with E-state index >= 15 is 0 Å². The molecule has 0 aliphatic carbocycles. The zero-order valence-electron chi connectivity index (χ0n) is 11.0. The third kappa shape index (κ3) is 3.06. The molecule has 0 aliphatic rings. The number of anilines is 2. The van der Waals surface area contributed by atoms with Gasteiger partial charge in [0.1, 0.15) is 5.69 Å². The summed E-state index contributed by atoms with van der Waals surface area (Å²) in [5.74, 6) is 0.475. The van der Waals surface area contributed by atoms with Crippen LogP contribution in [0.15, 0.2) is 66.2 Å². The van der Waals surface area contributed by atoms with Gasteiger partial charge in [-0.2, -0.15) is 0 Å². The molecule has 0 aliphatic heterocycles. The molecule has 0 spiro atoms. The average Bonchev–Trinajstić information content (AvgIpc) is 2.57. The fraction of sp³-hybridized carbons (Fsp3) is 0. The van der Waals surface area contributed by atoms with Gasteiger partial charge in [-0.1, -0.05) is 0 Å². The first-order chi connectivity index (χ1) is 10.3. The van der Waals surface area contributed by atoms with Crippen molar-refractivity contribution in [3.63, 3.8) is 0 Å². The summed E-state index contributed by atoms with van der Waals surface area (Å²) in [7, 11) is 0. The van der Waals surface area contributed by atoms with E-state index in [1.807, 2.05) is 18.2 Å². The highest BCUT2D eigenvalue weighted by Gasteiger charge is 2.03. The number of nitrogens with zero attached hydrogens (tertiary/aromatic N) is 4. The molecule has 0 bridgehead atoms. The van der Waals surface area contributed by atoms with Crippen molar-refractivity contribution < 1.29 is 0 Å². The van der Waals surface area contributed by atoms with Crippen LogP contribution in [0.4, 0.5) is 17.3 Å². The van der Waals surface area contributed by atoms with E-state index in [0.29, 0.717) is 11.6 Å². The Bertz CT molecular complexity index is 744. The van der Waals surface area contributed by atoms with Crippen molar-refractivity contribution in [1.29, 1.82) is 0 Å². The van der Waals surface area contributed by atoms with Crippen molar-refractivity contribution in [3.8, 4) is 11.3 Å². The van der Waals surface area contributed by atoms with Gasteiger partial charge < -0.3 is 5.32 Å². The highest BCUT2D eigenvalue weighted by molar-refractivity contribution is 5.61. The lowest BCUT2D eigenvalue weighted by Crippen LogP contribution is -1.97. The Labute approximate surface area is 120 Å². The number of aromatic nitrogens is 3. The van der Waals surface area contributed by atoms with E-state index in [9.17, 15) is 4.91 Å². The standard InChI is InChI=1S/C15H11N5O/c21-20-13-5-3-12(4-6-13)18-15-17-9-7-14(19-15)11-2-1-8-16-10-11/h1-10H,(H,17,18,19). The summed E-state index contributed by atoms with van der Waals surface area (Å²) in [5.41, 5.74) is 2.87. The van der Waals surface area contributed by atoms with Gasteiger partial charge >= 0.3 is 0 Å². The summed E-state index contributed by atoms with van der Waals surface area (Å²) in [6.45, 7) is 0. The first-order valence-corrected chi connectivity index (χ1v) is 6.29. The molecule has 0 saturated heterocycles. The van der Waals surface area contributed by atoms with E-state index in [0.717, 1.165) is 16.9 Å². The minimum atomic E-state index is 0.380. The Balaban J connectivity index is 1.84. The van der Waals surface area contributed by atoms with Gasteiger partial charge in [-0.15, -0.1) is 4.91 Å². The predicted octanol–water partition coefficient (Wildman–Crippen LogP) is 3.68. The molecule has 2 aromatic heterocycles. The molecular formula is C15H11N5O. The first kappa shape index (κ1) is 12.9. The topological polar surface area (TPSA) is 80.1 Å². The molecule has 0 amide bonds. The van der Waals surface area contributed by atoms with Crippen molar-refractivity contribution in [2.45, 2.75) is 0 Å². The fourth-order valence-electron chi connectivity index (χ4n) is 1.83. The molecule has 0 atom stereocenters. The Kier molecular flexibility index (Phi) is 3.60. The SMILES string of the molecule is O=Nc1ccc(Nc2nccc(-c3cccnc3)n2)cc1. The Morgan fingerprint density at radius 2 is 1.86 bits per heavy atom. The van der Waals surface area contributed by atoms with E-state index in [1.54, 1.807) is 42.9 Å². The van der Waals surface area contributed by atoms with Crippen LogP contribution in [0.25, 0.3) is 11.3 Å². The summed E-state index contributed by atoms with van der Waals surface area (Å²) < 4.78 is 0. The molecule has 1 N–H and O–H groups in total. The maximum atomic E-state index is 10.4. The number of benzene rings is 1. The van der Waals surface area contributed by atoms with E-state index in [-0.39, 0.29) is 0 Å². The van der Waals surface area contributed by atoms with Gasteiger partial charge in [0.15, 0.2) is 0 Å². The molecule has 21 heavy (non-hydrogen) atoms. The second-order valence-corrected chi connectivity index (χ2v) is 4.27. The first-order valence-electron chi connectivity index (χ1n) is 6.29. The largest absolute Gasteiger partial charge is 0.324 e. The zero-order chi connectivity index (χ0) is 14.5. The normalized spacial score (nSPS) is 10.1. The third-order valence-electron chi connectivity index (χ3n) is 2.84. The number of nitroso groups, excluding NO2 is 1. The van der Waals surface area contributed by atoms with Crippen LogP contribution in [0, 0.1) is 4.91 Å². The van der Waals surface area contributed by atoms with Crippen LogP contribution in [0.1, 0.15) is 0 Å². The van der Waals surface area contributed by atoms with Crippen molar-refractivity contribution >= 4 is 17.3 Å². The quantitative estimate of drug-likeness (QED) is 0.736. The second-order valence-electron chi connectivity index (χ2n) is 4.27. The number of nitrogens with one attached hydrogen (secondary N) is 1. The molecular weight excluding hydrogens is 266 g/mol. The van der Waals surface area contributed by atoms with E-state index in [1.165, 1.54) is 0 Å². The Hall–Kier alpha value is -3.15. The van der Waals surface area contributed by atoms with Gasteiger partial charge in [-0.05, 0) is 47.6 Å². The minimum absolute atomic E-state index is 0.380. The molecule has 1 aromatic carbocycles. The maximum absolute atomic E-state index is 10.4. The van der Waals surface area contributed by atoms with Crippen LogP contribution in [0.3, 0.4) is 0 Å². The highest BCUT2D eigenvalue weighted by Crippen LogP contribution is 2.20. The molecule has 3 rings (SSSR count). The summed E-state index contributed by atoms with van der Waals surface area (Å²) in [4.78, 5) is 23.1. The summed E-state index contributed by atoms with van der Waals surface area (Å²) in [5, 5.41) is 5.94. The van der Waals surface area contributed by atoms with Crippen LogP contribution < -0.4 is 5.32 Å². The van der Waals surface area contributed by atoms with Crippen LogP contribution in [-0.2, 0) is 0 Å². The van der Waals surface area contributed by atoms with E-state index in [4.69, 9.17) is 0 Å². The molecule has 6 nitrogen and oxygen atoms in total. The second kappa shape index (κ2) is 5.87. The molecule has 2 heterocycles. The molecule has 6 heteroatoms. The van der Waals surface area contributed by atoms with E-state index < -0.39 is 0 Å². The van der Waals surface area contributed by atoms with Crippen molar-refractivity contribution in [2.24, 2.45) is 5.18 Å². The lowest BCUT2D eigenvalue weighted by molar-refractivity contribution is 1.16. The lowest BCUT2D eigenvalue weighted by Gasteiger charge is -2.06. The molecule has 0 saturated carbocycles. The van der Waals surface area contributed by atoms with E-state index in [2.05, 4.69) is 25.4 Å². The molecule has 102 valence electrons.